The third-order valence-corrected chi connectivity index (χ3v) is 11.3. The van der Waals surface area contributed by atoms with E-state index in [-0.39, 0.29) is 31.1 Å². The van der Waals surface area contributed by atoms with Gasteiger partial charge in [-0.25, -0.2) is 0 Å². The highest BCUT2D eigenvalue weighted by Crippen LogP contribution is 2.16. The molecule has 1 atom stereocenters. The molecule has 6 heteroatoms. The second kappa shape index (κ2) is 50.0. The van der Waals surface area contributed by atoms with Gasteiger partial charge in [-0.3, -0.25) is 14.4 Å². The molecule has 0 rings (SSSR count). The molecule has 0 aromatic heterocycles. The summed E-state index contributed by atoms with van der Waals surface area (Å²) < 4.78 is 16.8. The maximum Gasteiger partial charge on any atom is 0.306 e. The van der Waals surface area contributed by atoms with Crippen molar-refractivity contribution in [2.75, 3.05) is 13.2 Å². The molecule has 0 aromatic carbocycles. The summed E-state index contributed by atoms with van der Waals surface area (Å²) in [4.78, 5) is 38.0. The molecule has 0 saturated carbocycles. The van der Waals surface area contributed by atoms with E-state index in [1.807, 2.05) is 0 Å². The lowest BCUT2D eigenvalue weighted by atomic mass is 10.0. The smallest absolute Gasteiger partial charge is 0.306 e. The van der Waals surface area contributed by atoms with Crippen molar-refractivity contribution < 1.29 is 28.6 Å². The van der Waals surface area contributed by atoms with Crippen LogP contribution in [0, 0.1) is 0 Å². The summed E-state index contributed by atoms with van der Waals surface area (Å²) in [6.45, 7) is 6.52. The lowest BCUT2D eigenvalue weighted by Gasteiger charge is -2.18. The van der Waals surface area contributed by atoms with Crippen molar-refractivity contribution >= 4 is 17.9 Å². The number of carbonyl (C=O) groups is 3. The van der Waals surface area contributed by atoms with Crippen molar-refractivity contribution in [2.45, 2.75) is 271 Å². The number of unbranched alkanes of at least 4 members (excludes halogenated alkanes) is 28. The summed E-state index contributed by atoms with van der Waals surface area (Å²) in [7, 11) is 0. The molecule has 0 aliphatic rings. The average molecular weight is 855 g/mol. The Balaban J connectivity index is 4.39. The lowest BCUT2D eigenvalue weighted by molar-refractivity contribution is -0.167. The molecule has 0 unspecified atom stereocenters. The zero-order valence-electron chi connectivity index (χ0n) is 40.4. The monoisotopic (exact) mass is 855 g/mol. The van der Waals surface area contributed by atoms with Crippen LogP contribution in [0.5, 0.6) is 0 Å². The molecule has 0 radical (unpaired) electrons. The fourth-order valence-electron chi connectivity index (χ4n) is 7.43. The van der Waals surface area contributed by atoms with Gasteiger partial charge >= 0.3 is 17.9 Å². The first-order chi connectivity index (χ1) is 30.0. The van der Waals surface area contributed by atoms with E-state index in [4.69, 9.17) is 14.2 Å². The van der Waals surface area contributed by atoms with Crippen LogP contribution < -0.4 is 0 Å². The third-order valence-electron chi connectivity index (χ3n) is 11.3. The summed E-state index contributed by atoms with van der Waals surface area (Å²) in [6.07, 6.45) is 59.5. The Hall–Kier alpha value is -2.63. The molecule has 0 N–H and O–H groups in total. The molecule has 61 heavy (non-hydrogen) atoms. The van der Waals surface area contributed by atoms with E-state index in [0.29, 0.717) is 19.3 Å². The highest BCUT2D eigenvalue weighted by molar-refractivity contribution is 5.71. The van der Waals surface area contributed by atoms with Gasteiger partial charge in [-0.1, -0.05) is 236 Å². The second-order valence-corrected chi connectivity index (χ2v) is 17.4. The average Bonchev–Trinajstić information content (AvgIpc) is 3.26. The highest BCUT2D eigenvalue weighted by atomic mass is 16.6. The molecule has 0 saturated heterocycles. The van der Waals surface area contributed by atoms with Gasteiger partial charge in [-0.2, -0.15) is 0 Å². The number of rotatable bonds is 47. The molecule has 354 valence electrons. The van der Waals surface area contributed by atoms with E-state index in [0.717, 1.165) is 96.3 Å². The van der Waals surface area contributed by atoms with Crippen molar-refractivity contribution in [3.05, 3.63) is 48.6 Å². The van der Waals surface area contributed by atoms with Gasteiger partial charge in [0.25, 0.3) is 0 Å². The molecule has 0 aromatic rings. The van der Waals surface area contributed by atoms with E-state index in [2.05, 4.69) is 69.4 Å². The van der Waals surface area contributed by atoms with Crippen LogP contribution in [0.25, 0.3) is 0 Å². The molecular formula is C55H98O6. The minimum absolute atomic E-state index is 0.0772. The maximum atomic E-state index is 12.8. The Morgan fingerprint density at radius 2 is 0.639 bits per heavy atom. The van der Waals surface area contributed by atoms with E-state index >= 15 is 0 Å². The van der Waals surface area contributed by atoms with Crippen LogP contribution in [0.3, 0.4) is 0 Å². The van der Waals surface area contributed by atoms with Gasteiger partial charge in [0, 0.05) is 19.3 Å². The molecule has 0 bridgehead atoms. The van der Waals surface area contributed by atoms with Gasteiger partial charge in [0.2, 0.25) is 0 Å². The van der Waals surface area contributed by atoms with Crippen LogP contribution in [0.4, 0.5) is 0 Å². The SMILES string of the molecule is CC/C=C\C/C=C\C/C=C\C/C=C\CCCCCCC(=O)OC[C@H](COC(=O)CCCCCCCCCCCCCCC)OC(=O)CCCCCCCCCCCCCCC. The predicted octanol–water partition coefficient (Wildman–Crippen LogP) is 17.1. The second-order valence-electron chi connectivity index (χ2n) is 17.4. The van der Waals surface area contributed by atoms with Crippen molar-refractivity contribution in [2.24, 2.45) is 0 Å². The quantitative estimate of drug-likeness (QED) is 0.0263. The fourth-order valence-corrected chi connectivity index (χ4v) is 7.43. The molecule has 0 amide bonds. The Bertz CT molecular complexity index is 1070. The van der Waals surface area contributed by atoms with Crippen molar-refractivity contribution in [3.8, 4) is 0 Å². The van der Waals surface area contributed by atoms with E-state index in [1.165, 1.54) is 128 Å². The van der Waals surface area contributed by atoms with Crippen LogP contribution in [-0.2, 0) is 28.6 Å². The predicted molar refractivity (Wildman–Crippen MR) is 261 cm³/mol. The molecule has 0 heterocycles. The zero-order chi connectivity index (χ0) is 44.4. The Labute approximate surface area is 378 Å². The van der Waals surface area contributed by atoms with Gasteiger partial charge in [-0.05, 0) is 57.8 Å². The molecule has 6 nitrogen and oxygen atoms in total. The summed E-state index contributed by atoms with van der Waals surface area (Å²) >= 11 is 0. The van der Waals surface area contributed by atoms with Crippen LogP contribution in [0.2, 0.25) is 0 Å². The van der Waals surface area contributed by atoms with Crippen molar-refractivity contribution in [1.82, 2.24) is 0 Å². The number of hydrogen-bond acceptors (Lipinski definition) is 6. The zero-order valence-corrected chi connectivity index (χ0v) is 40.4. The van der Waals surface area contributed by atoms with Crippen LogP contribution >= 0.6 is 0 Å². The number of hydrogen-bond donors (Lipinski definition) is 0. The fraction of sp³-hybridized carbons (Fsp3) is 0.800. The maximum absolute atomic E-state index is 12.8. The normalized spacial score (nSPS) is 12.4. The standard InChI is InChI=1S/C55H98O6/c1-4-7-10-13-16-19-22-25-26-27-28-31-33-36-39-42-45-48-54(57)60-51-52(61-55(58)49-46-43-40-37-34-30-24-21-18-15-12-9-6-3)50-59-53(56)47-44-41-38-35-32-29-23-20-17-14-11-8-5-2/h7,10,16,19,25-26,28,31,52H,4-6,8-9,11-15,17-18,20-24,27,29-30,32-51H2,1-3H3/b10-7-,19-16-,26-25-,31-28-/t52-/m0/s1. The van der Waals surface area contributed by atoms with E-state index in [1.54, 1.807) is 0 Å². The minimum atomic E-state index is -0.778. The van der Waals surface area contributed by atoms with Gasteiger partial charge < -0.3 is 14.2 Å². The van der Waals surface area contributed by atoms with Gasteiger partial charge in [-0.15, -0.1) is 0 Å². The minimum Gasteiger partial charge on any atom is -0.462 e. The van der Waals surface area contributed by atoms with Gasteiger partial charge in [0.05, 0.1) is 0 Å². The van der Waals surface area contributed by atoms with Crippen LogP contribution in [0.15, 0.2) is 48.6 Å². The molecule has 0 aliphatic carbocycles. The summed E-state index contributed by atoms with van der Waals surface area (Å²) in [6, 6.07) is 0. The van der Waals surface area contributed by atoms with Crippen molar-refractivity contribution in [1.29, 1.82) is 0 Å². The first kappa shape index (κ1) is 58.4. The van der Waals surface area contributed by atoms with Crippen LogP contribution in [-0.4, -0.2) is 37.2 Å². The number of allylic oxidation sites excluding steroid dienone is 8. The number of ether oxygens (including phenoxy) is 3. The first-order valence-electron chi connectivity index (χ1n) is 26.1. The number of carbonyl (C=O) groups excluding carboxylic acids is 3. The van der Waals surface area contributed by atoms with Gasteiger partial charge in [0.1, 0.15) is 13.2 Å². The summed E-state index contributed by atoms with van der Waals surface area (Å²) in [5.74, 6) is -0.892. The molecule has 0 fully saturated rings. The molecule has 0 aliphatic heterocycles. The largest absolute Gasteiger partial charge is 0.462 e. The Morgan fingerprint density at radius 1 is 0.344 bits per heavy atom. The van der Waals surface area contributed by atoms with E-state index < -0.39 is 6.10 Å². The topological polar surface area (TPSA) is 78.9 Å². The number of esters is 3. The van der Waals surface area contributed by atoms with E-state index in [9.17, 15) is 14.4 Å². The summed E-state index contributed by atoms with van der Waals surface area (Å²) in [5.41, 5.74) is 0. The Morgan fingerprint density at radius 3 is 1.00 bits per heavy atom. The molecule has 0 spiro atoms. The van der Waals surface area contributed by atoms with Crippen molar-refractivity contribution in [3.63, 3.8) is 0 Å². The highest BCUT2D eigenvalue weighted by Gasteiger charge is 2.19. The van der Waals surface area contributed by atoms with Crippen LogP contribution in [0.1, 0.15) is 265 Å². The molecular weight excluding hydrogens is 757 g/mol. The summed E-state index contributed by atoms with van der Waals surface area (Å²) in [5, 5.41) is 0. The Kier molecular flexibility index (Phi) is 47.9. The third kappa shape index (κ3) is 48.3. The van der Waals surface area contributed by atoms with Gasteiger partial charge in [0.15, 0.2) is 6.10 Å². The lowest BCUT2D eigenvalue weighted by Crippen LogP contribution is -2.30. The first-order valence-corrected chi connectivity index (χ1v) is 26.1.